The van der Waals surface area contributed by atoms with Crippen molar-refractivity contribution in [1.82, 2.24) is 15.0 Å². The summed E-state index contributed by atoms with van der Waals surface area (Å²) in [4.78, 5) is 13.3. The lowest BCUT2D eigenvalue weighted by Crippen LogP contribution is -2.14. The number of nitrogens with one attached hydrogen (secondary N) is 1. The van der Waals surface area contributed by atoms with Crippen molar-refractivity contribution in [3.63, 3.8) is 0 Å². The van der Waals surface area contributed by atoms with Gasteiger partial charge in [-0.25, -0.2) is 9.97 Å². The minimum atomic E-state index is 0.127. The van der Waals surface area contributed by atoms with Crippen LogP contribution in [0, 0.1) is 11.3 Å². The monoisotopic (exact) mass is 349 g/mol. The zero-order chi connectivity index (χ0) is 17.8. The zero-order valence-corrected chi connectivity index (χ0v) is 14.6. The van der Waals surface area contributed by atoms with Gasteiger partial charge in [-0.15, -0.1) is 0 Å². The molecule has 25 heavy (non-hydrogen) atoms. The summed E-state index contributed by atoms with van der Waals surface area (Å²) in [5.74, 6) is 1.02. The zero-order valence-electron chi connectivity index (χ0n) is 13.9. The Morgan fingerprint density at radius 3 is 2.44 bits per heavy atom. The second-order valence-electron chi connectivity index (χ2n) is 5.78. The molecule has 0 saturated heterocycles. The quantitative estimate of drug-likeness (QED) is 0.747. The van der Waals surface area contributed by atoms with Crippen molar-refractivity contribution in [2.75, 3.05) is 5.32 Å². The first kappa shape index (κ1) is 16.9. The van der Waals surface area contributed by atoms with E-state index in [2.05, 4.69) is 26.3 Å². The van der Waals surface area contributed by atoms with Crippen LogP contribution in [0.1, 0.15) is 19.4 Å². The molecule has 0 atom stereocenters. The first-order chi connectivity index (χ1) is 12.1. The average Bonchev–Trinajstić information content (AvgIpc) is 2.62. The first-order valence-electron chi connectivity index (χ1n) is 7.83. The first-order valence-corrected chi connectivity index (χ1v) is 8.21. The number of anilines is 1. The second kappa shape index (κ2) is 7.29. The maximum Gasteiger partial charge on any atom is 0.163 e. The Labute approximate surface area is 151 Å². The molecule has 6 heteroatoms. The molecule has 0 aliphatic rings. The van der Waals surface area contributed by atoms with Crippen LogP contribution >= 0.6 is 11.6 Å². The molecule has 0 aliphatic carbocycles. The van der Waals surface area contributed by atoms with Crippen molar-refractivity contribution in [3.05, 3.63) is 59.4 Å². The Kier molecular flexibility index (Phi) is 4.92. The number of pyridine rings is 1. The van der Waals surface area contributed by atoms with Gasteiger partial charge in [-0.05, 0) is 38.1 Å². The molecule has 0 spiro atoms. The van der Waals surface area contributed by atoms with Crippen molar-refractivity contribution in [2.45, 2.75) is 19.9 Å². The predicted octanol–water partition coefficient (Wildman–Crippen LogP) is 4.55. The van der Waals surface area contributed by atoms with Crippen LogP contribution in [0.3, 0.4) is 0 Å². The molecule has 0 aliphatic heterocycles. The largest absolute Gasteiger partial charge is 0.367 e. The van der Waals surface area contributed by atoms with Gasteiger partial charge in [0.1, 0.15) is 17.5 Å². The standard InChI is InChI=1S/C19H16ClN5/c1-12(2)23-19-16(10-21)17(13-5-7-15(20)8-6-13)24-18(25-19)14-4-3-9-22-11-14/h3-9,11-12H,1-2H3,(H,23,24,25). The fourth-order valence-electron chi connectivity index (χ4n) is 2.39. The minimum Gasteiger partial charge on any atom is -0.367 e. The Hall–Kier alpha value is -2.97. The van der Waals surface area contributed by atoms with Crippen LogP contribution in [0.5, 0.6) is 0 Å². The summed E-state index contributed by atoms with van der Waals surface area (Å²) in [7, 11) is 0. The number of aromatic nitrogens is 3. The molecule has 2 aromatic heterocycles. The van der Waals surface area contributed by atoms with Gasteiger partial charge in [-0.1, -0.05) is 23.7 Å². The van der Waals surface area contributed by atoms with E-state index in [-0.39, 0.29) is 6.04 Å². The van der Waals surface area contributed by atoms with Gasteiger partial charge in [-0.3, -0.25) is 4.98 Å². The van der Waals surface area contributed by atoms with Crippen LogP contribution in [-0.2, 0) is 0 Å². The third kappa shape index (κ3) is 3.76. The highest BCUT2D eigenvalue weighted by Gasteiger charge is 2.17. The van der Waals surface area contributed by atoms with E-state index in [1.165, 1.54) is 0 Å². The number of benzene rings is 1. The van der Waals surface area contributed by atoms with E-state index >= 15 is 0 Å². The number of halogens is 1. The molecule has 3 rings (SSSR count). The number of hydrogen-bond acceptors (Lipinski definition) is 5. The molecule has 0 bridgehead atoms. The van der Waals surface area contributed by atoms with E-state index in [9.17, 15) is 5.26 Å². The molecular formula is C19H16ClN5. The van der Waals surface area contributed by atoms with Crippen LogP contribution in [0.15, 0.2) is 48.8 Å². The van der Waals surface area contributed by atoms with E-state index < -0.39 is 0 Å². The highest BCUT2D eigenvalue weighted by Crippen LogP contribution is 2.30. The Bertz CT molecular complexity index is 915. The van der Waals surface area contributed by atoms with Crippen molar-refractivity contribution in [3.8, 4) is 28.7 Å². The van der Waals surface area contributed by atoms with Crippen LogP contribution in [0.4, 0.5) is 5.82 Å². The van der Waals surface area contributed by atoms with Gasteiger partial charge in [-0.2, -0.15) is 5.26 Å². The summed E-state index contributed by atoms with van der Waals surface area (Å²) < 4.78 is 0. The molecule has 0 saturated carbocycles. The summed E-state index contributed by atoms with van der Waals surface area (Å²) in [6.45, 7) is 3.99. The van der Waals surface area contributed by atoms with Crippen LogP contribution in [0.25, 0.3) is 22.6 Å². The molecule has 0 radical (unpaired) electrons. The van der Waals surface area contributed by atoms with Gasteiger partial charge in [0.05, 0.1) is 5.69 Å². The van der Waals surface area contributed by atoms with E-state index in [1.54, 1.807) is 24.5 Å². The van der Waals surface area contributed by atoms with Gasteiger partial charge < -0.3 is 5.32 Å². The van der Waals surface area contributed by atoms with Crippen molar-refractivity contribution < 1.29 is 0 Å². The van der Waals surface area contributed by atoms with Crippen LogP contribution in [-0.4, -0.2) is 21.0 Å². The van der Waals surface area contributed by atoms with Crippen molar-refractivity contribution in [1.29, 1.82) is 5.26 Å². The normalized spacial score (nSPS) is 10.5. The molecule has 5 nitrogen and oxygen atoms in total. The summed E-state index contributed by atoms with van der Waals surface area (Å²) >= 11 is 5.98. The van der Waals surface area contributed by atoms with E-state index in [4.69, 9.17) is 11.6 Å². The van der Waals surface area contributed by atoms with Gasteiger partial charge in [0.2, 0.25) is 0 Å². The molecule has 124 valence electrons. The van der Waals surface area contributed by atoms with Crippen LogP contribution in [0.2, 0.25) is 5.02 Å². The summed E-state index contributed by atoms with van der Waals surface area (Å²) in [5, 5.41) is 13.5. The van der Waals surface area contributed by atoms with E-state index in [0.717, 1.165) is 11.1 Å². The van der Waals surface area contributed by atoms with E-state index in [1.807, 2.05) is 38.1 Å². The van der Waals surface area contributed by atoms with Gasteiger partial charge >= 0.3 is 0 Å². The molecule has 1 aromatic carbocycles. The van der Waals surface area contributed by atoms with Crippen LogP contribution < -0.4 is 5.32 Å². The Balaban J connectivity index is 2.24. The van der Waals surface area contributed by atoms with E-state index in [0.29, 0.717) is 27.9 Å². The molecule has 0 amide bonds. The topological polar surface area (TPSA) is 74.5 Å². The summed E-state index contributed by atoms with van der Waals surface area (Å²) in [5.41, 5.74) is 2.56. The second-order valence-corrected chi connectivity index (χ2v) is 6.22. The lowest BCUT2D eigenvalue weighted by Gasteiger charge is -2.15. The molecule has 1 N–H and O–H groups in total. The Morgan fingerprint density at radius 1 is 1.08 bits per heavy atom. The van der Waals surface area contributed by atoms with Crippen molar-refractivity contribution in [2.24, 2.45) is 0 Å². The summed E-state index contributed by atoms with van der Waals surface area (Å²) in [6, 6.07) is 13.3. The molecule has 2 heterocycles. The molecule has 3 aromatic rings. The predicted molar refractivity (Wildman–Crippen MR) is 99.2 cm³/mol. The number of nitrogens with zero attached hydrogens (tertiary/aromatic N) is 4. The lowest BCUT2D eigenvalue weighted by atomic mass is 10.1. The fraction of sp³-hybridized carbons (Fsp3) is 0.158. The van der Waals surface area contributed by atoms with Gasteiger partial charge in [0.25, 0.3) is 0 Å². The number of nitriles is 1. The number of hydrogen-bond donors (Lipinski definition) is 1. The van der Waals surface area contributed by atoms with Crippen molar-refractivity contribution >= 4 is 17.4 Å². The third-order valence-corrected chi connectivity index (χ3v) is 3.74. The molecular weight excluding hydrogens is 334 g/mol. The molecule has 0 unspecified atom stereocenters. The SMILES string of the molecule is CC(C)Nc1nc(-c2cccnc2)nc(-c2ccc(Cl)cc2)c1C#N. The Morgan fingerprint density at radius 2 is 1.84 bits per heavy atom. The smallest absolute Gasteiger partial charge is 0.163 e. The summed E-state index contributed by atoms with van der Waals surface area (Å²) in [6.07, 6.45) is 3.40. The van der Waals surface area contributed by atoms with Gasteiger partial charge in [0, 0.05) is 34.6 Å². The number of rotatable bonds is 4. The maximum atomic E-state index is 9.68. The average molecular weight is 350 g/mol. The highest BCUT2D eigenvalue weighted by atomic mass is 35.5. The minimum absolute atomic E-state index is 0.127. The molecule has 0 fully saturated rings. The highest BCUT2D eigenvalue weighted by molar-refractivity contribution is 6.30. The lowest BCUT2D eigenvalue weighted by molar-refractivity contribution is 0.886. The van der Waals surface area contributed by atoms with Gasteiger partial charge in [0.15, 0.2) is 5.82 Å². The fourth-order valence-corrected chi connectivity index (χ4v) is 2.51. The maximum absolute atomic E-state index is 9.68. The third-order valence-electron chi connectivity index (χ3n) is 3.48.